The normalized spacial score (nSPS) is 43.4. The van der Waals surface area contributed by atoms with Gasteiger partial charge < -0.3 is 21.9 Å². The van der Waals surface area contributed by atoms with Crippen LogP contribution in [0, 0.1) is 35.5 Å². The average molecular weight is 483 g/mol. The first-order valence-electron chi connectivity index (χ1n) is 13.8. The molecular formula is C29H39ClN2O2. The van der Waals surface area contributed by atoms with Crippen LogP contribution in [0.2, 0.25) is 0 Å². The molecule has 0 unspecified atom stereocenters. The highest BCUT2D eigenvalue weighted by molar-refractivity contribution is 5.77. The first kappa shape index (κ1) is 21.8. The van der Waals surface area contributed by atoms with Crippen molar-refractivity contribution < 1.29 is 26.4 Å². The summed E-state index contributed by atoms with van der Waals surface area (Å²) in [7, 11) is 3.57. The lowest BCUT2D eigenvalue weighted by molar-refractivity contribution is -0.755. The lowest BCUT2D eigenvalue weighted by Gasteiger charge is -2.55. The fraction of sp³-hybridized carbons (Fsp3) is 0.759. The van der Waals surface area contributed by atoms with Crippen LogP contribution < -0.4 is 26.4 Å². The molecule has 8 saturated carbocycles. The van der Waals surface area contributed by atoms with E-state index in [1.165, 1.54) is 88.1 Å². The molecule has 1 heterocycles. The molecule has 184 valence electrons. The van der Waals surface area contributed by atoms with E-state index in [4.69, 9.17) is 9.47 Å². The third-order valence-electron chi connectivity index (χ3n) is 11.3. The van der Waals surface area contributed by atoms with E-state index in [-0.39, 0.29) is 12.4 Å². The Labute approximate surface area is 209 Å². The van der Waals surface area contributed by atoms with Gasteiger partial charge in [-0.25, -0.2) is 9.13 Å². The molecule has 8 bridgehead atoms. The van der Waals surface area contributed by atoms with Gasteiger partial charge in [-0.3, -0.25) is 0 Å². The maximum atomic E-state index is 5.83. The van der Waals surface area contributed by atoms with Gasteiger partial charge >= 0.3 is 0 Å². The molecular weight excluding hydrogens is 444 g/mol. The summed E-state index contributed by atoms with van der Waals surface area (Å²) in [5, 5.41) is 0. The summed E-state index contributed by atoms with van der Waals surface area (Å²) in [6.45, 7) is 0. The molecule has 8 aliphatic rings. The fourth-order valence-corrected chi connectivity index (χ4v) is 11.0. The largest absolute Gasteiger partial charge is 1.00 e. The van der Waals surface area contributed by atoms with Crippen molar-refractivity contribution in [1.82, 2.24) is 4.57 Å². The standard InChI is InChI=1S/C29H39N2O2.ClH/c1-32-26-9-24-25(10-27(26)33-2)31(29-14-21-6-22(15-29)8-23(7-21)16-29)17-30(24)28-11-18-3-19(12-28)5-20(4-18)13-28;/h9-10,17-23H,3-8,11-16H2,1-2H3;1H/q+1;/p-1. The zero-order valence-corrected chi connectivity index (χ0v) is 21.5. The average Bonchev–Trinajstić information content (AvgIpc) is 3.16. The highest BCUT2D eigenvalue weighted by Gasteiger charge is 2.58. The quantitative estimate of drug-likeness (QED) is 0.627. The lowest BCUT2D eigenvalue weighted by atomic mass is 9.52. The zero-order valence-electron chi connectivity index (χ0n) is 20.8. The van der Waals surface area contributed by atoms with E-state index < -0.39 is 0 Å². The van der Waals surface area contributed by atoms with E-state index in [1.807, 2.05) is 0 Å². The SMILES string of the molecule is COc1cc2c(cc1OC)[n+](C13CC4CC(CC(C4)C1)C3)cn2C12CC3CC(CC(C3)C1)C2.[Cl-]. The zero-order chi connectivity index (χ0) is 21.9. The Bertz CT molecular complexity index is 980. The fourth-order valence-electron chi connectivity index (χ4n) is 11.0. The maximum Gasteiger partial charge on any atom is 0.245 e. The second-order valence-electron chi connectivity index (χ2n) is 13.3. The Kier molecular flexibility index (Phi) is 4.69. The van der Waals surface area contributed by atoms with Gasteiger partial charge in [0.05, 0.1) is 14.2 Å². The van der Waals surface area contributed by atoms with Gasteiger partial charge in [-0.05, 0) is 113 Å². The van der Waals surface area contributed by atoms with Gasteiger partial charge in [0.25, 0.3) is 0 Å². The van der Waals surface area contributed by atoms with Crippen LogP contribution in [-0.2, 0) is 11.1 Å². The minimum absolute atomic E-state index is 0. The van der Waals surface area contributed by atoms with E-state index in [1.54, 1.807) is 14.2 Å². The number of imidazole rings is 1. The van der Waals surface area contributed by atoms with Gasteiger partial charge in [0.15, 0.2) is 22.5 Å². The molecule has 10 rings (SSSR count). The number of hydrogen-bond donors (Lipinski definition) is 0. The molecule has 8 aliphatic carbocycles. The van der Waals surface area contributed by atoms with Crippen LogP contribution in [-0.4, -0.2) is 18.8 Å². The number of rotatable bonds is 4. The number of ether oxygens (including phenoxy) is 2. The van der Waals surface area contributed by atoms with Crippen molar-refractivity contribution in [2.24, 2.45) is 35.5 Å². The molecule has 0 amide bonds. The molecule has 0 radical (unpaired) electrons. The first-order valence-corrected chi connectivity index (χ1v) is 13.8. The van der Waals surface area contributed by atoms with Crippen molar-refractivity contribution in [3.05, 3.63) is 18.5 Å². The molecule has 0 atom stereocenters. The molecule has 0 aliphatic heterocycles. The first-order chi connectivity index (χ1) is 16.1. The van der Waals surface area contributed by atoms with Crippen LogP contribution in [0.1, 0.15) is 77.0 Å². The summed E-state index contributed by atoms with van der Waals surface area (Å²) in [6, 6.07) is 4.62. The Morgan fingerprint density at radius 2 is 1.15 bits per heavy atom. The third-order valence-corrected chi connectivity index (χ3v) is 11.3. The molecule has 4 nitrogen and oxygen atoms in total. The summed E-state index contributed by atoms with van der Waals surface area (Å²) in [5.74, 6) is 7.44. The van der Waals surface area contributed by atoms with Crippen LogP contribution in [0.4, 0.5) is 0 Å². The molecule has 34 heavy (non-hydrogen) atoms. The number of hydrogen-bond acceptors (Lipinski definition) is 2. The van der Waals surface area contributed by atoms with E-state index in [0.717, 1.165) is 47.0 Å². The van der Waals surface area contributed by atoms with Crippen LogP contribution in [0.15, 0.2) is 18.5 Å². The summed E-state index contributed by atoms with van der Waals surface area (Å²) in [4.78, 5) is 0. The molecule has 2 aromatic rings. The van der Waals surface area contributed by atoms with Crippen LogP contribution in [0.5, 0.6) is 11.5 Å². The molecule has 1 aromatic heterocycles. The van der Waals surface area contributed by atoms with Gasteiger partial charge in [-0.2, -0.15) is 0 Å². The minimum atomic E-state index is 0. The Hall–Kier alpha value is -1.42. The van der Waals surface area contributed by atoms with Crippen molar-refractivity contribution in [2.75, 3.05) is 14.2 Å². The Morgan fingerprint density at radius 3 is 1.62 bits per heavy atom. The summed E-state index contributed by atoms with van der Waals surface area (Å²) >= 11 is 0. The van der Waals surface area contributed by atoms with Crippen molar-refractivity contribution >= 4 is 11.0 Å². The number of nitrogens with zero attached hydrogens (tertiary/aromatic N) is 2. The highest BCUT2D eigenvalue weighted by Crippen LogP contribution is 2.60. The van der Waals surface area contributed by atoms with Gasteiger partial charge in [0.2, 0.25) is 6.33 Å². The van der Waals surface area contributed by atoms with E-state index >= 15 is 0 Å². The van der Waals surface area contributed by atoms with Crippen molar-refractivity contribution in [3.63, 3.8) is 0 Å². The Morgan fingerprint density at radius 1 is 0.706 bits per heavy atom. The number of methoxy groups -OCH3 is 2. The molecule has 8 fully saturated rings. The molecule has 5 heteroatoms. The number of benzene rings is 1. The third kappa shape index (κ3) is 2.87. The second kappa shape index (κ2) is 7.31. The van der Waals surface area contributed by atoms with Crippen LogP contribution >= 0.6 is 0 Å². The second-order valence-corrected chi connectivity index (χ2v) is 13.3. The van der Waals surface area contributed by atoms with Crippen molar-refractivity contribution in [1.29, 1.82) is 0 Å². The molecule has 0 saturated heterocycles. The van der Waals surface area contributed by atoms with Gasteiger partial charge in [-0.1, -0.05) is 0 Å². The summed E-state index contributed by atoms with van der Waals surface area (Å²) in [5.41, 5.74) is 3.43. The number of halogens is 1. The monoisotopic (exact) mass is 482 g/mol. The smallest absolute Gasteiger partial charge is 0.245 e. The number of fused-ring (bicyclic) bond motifs is 1. The van der Waals surface area contributed by atoms with Crippen molar-refractivity contribution in [3.8, 4) is 11.5 Å². The van der Waals surface area contributed by atoms with Gasteiger partial charge in [0, 0.05) is 12.1 Å². The lowest BCUT2D eigenvalue weighted by Crippen LogP contribution is -3.00. The minimum Gasteiger partial charge on any atom is -1.00 e. The van der Waals surface area contributed by atoms with E-state index in [9.17, 15) is 0 Å². The summed E-state index contributed by atoms with van der Waals surface area (Å²) in [6.07, 6.45) is 19.9. The highest BCUT2D eigenvalue weighted by atomic mass is 35.5. The predicted molar refractivity (Wildman–Crippen MR) is 128 cm³/mol. The summed E-state index contributed by atoms with van der Waals surface area (Å²) < 4.78 is 17.2. The van der Waals surface area contributed by atoms with Crippen LogP contribution in [0.25, 0.3) is 11.0 Å². The van der Waals surface area contributed by atoms with E-state index in [0.29, 0.717) is 11.1 Å². The van der Waals surface area contributed by atoms with Gasteiger partial charge in [-0.15, -0.1) is 0 Å². The predicted octanol–water partition coefficient (Wildman–Crippen LogP) is 2.80. The molecule has 0 spiro atoms. The Balaban J connectivity index is 0.00000200. The number of aromatic nitrogens is 2. The van der Waals surface area contributed by atoms with Crippen LogP contribution in [0.3, 0.4) is 0 Å². The van der Waals surface area contributed by atoms with Gasteiger partial charge in [0.1, 0.15) is 11.1 Å². The van der Waals surface area contributed by atoms with E-state index in [2.05, 4.69) is 27.6 Å². The molecule has 1 aromatic carbocycles. The van der Waals surface area contributed by atoms with Crippen molar-refractivity contribution in [2.45, 2.75) is 88.1 Å². The topological polar surface area (TPSA) is 27.3 Å². The maximum absolute atomic E-state index is 5.83. The molecule has 0 N–H and O–H groups in total.